The van der Waals surface area contributed by atoms with Crippen LogP contribution in [0.25, 0.3) is 0 Å². The first kappa shape index (κ1) is 17.0. The summed E-state index contributed by atoms with van der Waals surface area (Å²) in [5.74, 6) is -0.494. The molecule has 1 amide bonds. The molecule has 0 fully saturated rings. The van der Waals surface area contributed by atoms with Crippen molar-refractivity contribution in [3.63, 3.8) is 0 Å². The third kappa shape index (κ3) is 5.45. The van der Waals surface area contributed by atoms with Gasteiger partial charge in [-0.1, -0.05) is 31.5 Å². The third-order valence-corrected chi connectivity index (χ3v) is 3.13. The number of benzene rings is 1. The summed E-state index contributed by atoms with van der Waals surface area (Å²) in [7, 11) is 1.55. The highest BCUT2D eigenvalue weighted by molar-refractivity contribution is 5.85. The summed E-state index contributed by atoms with van der Waals surface area (Å²) >= 11 is 0. The molecule has 0 spiro atoms. The van der Waals surface area contributed by atoms with E-state index in [1.807, 2.05) is 32.9 Å². The fourth-order valence-electron chi connectivity index (χ4n) is 2.16. The minimum atomic E-state index is -1.01. The van der Waals surface area contributed by atoms with Gasteiger partial charge in [-0.25, -0.2) is 4.79 Å². The van der Waals surface area contributed by atoms with Gasteiger partial charge in [0.15, 0.2) is 0 Å². The monoisotopic (exact) mass is 293 g/mol. The number of aliphatic carboxylic acids is 1. The van der Waals surface area contributed by atoms with Crippen LogP contribution in [-0.4, -0.2) is 30.1 Å². The average Bonchev–Trinajstić information content (AvgIpc) is 2.37. The van der Waals surface area contributed by atoms with E-state index in [-0.39, 0.29) is 18.2 Å². The summed E-state index contributed by atoms with van der Waals surface area (Å²) in [6.07, 6.45) is 0.513. The number of carboxylic acids is 1. The molecule has 5 nitrogen and oxygen atoms in total. The number of amides is 1. The number of rotatable bonds is 7. The number of hydrogen-bond acceptors (Lipinski definition) is 3. The van der Waals surface area contributed by atoms with E-state index in [0.29, 0.717) is 12.2 Å². The molecule has 0 saturated carbocycles. The molecule has 1 aromatic carbocycles. The topological polar surface area (TPSA) is 75.6 Å². The lowest BCUT2D eigenvalue weighted by atomic mass is 10.0. The Balaban J connectivity index is 2.76. The molecule has 1 atom stereocenters. The van der Waals surface area contributed by atoms with Crippen LogP contribution in [0, 0.1) is 12.8 Å². The van der Waals surface area contributed by atoms with E-state index < -0.39 is 12.0 Å². The lowest BCUT2D eigenvalue weighted by molar-refractivity contribution is -0.142. The molecule has 1 rings (SSSR count). The van der Waals surface area contributed by atoms with Crippen LogP contribution in [0.15, 0.2) is 18.2 Å². The second-order valence-corrected chi connectivity index (χ2v) is 5.58. The van der Waals surface area contributed by atoms with E-state index in [1.54, 1.807) is 13.2 Å². The Morgan fingerprint density at radius 1 is 1.33 bits per heavy atom. The van der Waals surface area contributed by atoms with Crippen LogP contribution in [0.2, 0.25) is 0 Å². The van der Waals surface area contributed by atoms with E-state index >= 15 is 0 Å². The number of aryl methyl sites for hydroxylation is 1. The molecule has 1 aromatic rings. The zero-order valence-electron chi connectivity index (χ0n) is 13.0. The molecule has 0 aliphatic heterocycles. The van der Waals surface area contributed by atoms with Gasteiger partial charge < -0.3 is 15.2 Å². The smallest absolute Gasteiger partial charge is 0.326 e. The van der Waals surface area contributed by atoms with Crippen LogP contribution >= 0.6 is 0 Å². The maximum atomic E-state index is 12.1. The lowest BCUT2D eigenvalue weighted by Gasteiger charge is -2.17. The molecular weight excluding hydrogens is 270 g/mol. The summed E-state index contributed by atoms with van der Waals surface area (Å²) in [4.78, 5) is 23.2. The second-order valence-electron chi connectivity index (χ2n) is 5.58. The summed E-state index contributed by atoms with van der Waals surface area (Å²) in [5.41, 5.74) is 1.78. The van der Waals surface area contributed by atoms with Crippen molar-refractivity contribution in [2.75, 3.05) is 7.11 Å². The largest absolute Gasteiger partial charge is 0.496 e. The predicted octanol–water partition coefficient (Wildman–Crippen LogP) is 2.16. The van der Waals surface area contributed by atoms with Gasteiger partial charge in [0.25, 0.3) is 0 Å². The Bertz CT molecular complexity index is 511. The molecule has 0 aliphatic carbocycles. The van der Waals surface area contributed by atoms with Gasteiger partial charge in [0, 0.05) is 5.56 Å². The van der Waals surface area contributed by atoms with Crippen molar-refractivity contribution in [3.05, 3.63) is 29.3 Å². The Hall–Kier alpha value is -2.04. The highest BCUT2D eigenvalue weighted by Gasteiger charge is 2.21. The van der Waals surface area contributed by atoms with Gasteiger partial charge >= 0.3 is 5.97 Å². The minimum absolute atomic E-state index is 0.104. The molecule has 0 saturated heterocycles. The molecule has 0 bridgehead atoms. The molecule has 1 unspecified atom stereocenters. The maximum Gasteiger partial charge on any atom is 0.326 e. The third-order valence-electron chi connectivity index (χ3n) is 3.13. The summed E-state index contributed by atoms with van der Waals surface area (Å²) in [6.45, 7) is 5.77. The normalized spacial score (nSPS) is 12.0. The molecule has 5 heteroatoms. The second kappa shape index (κ2) is 7.67. The first-order chi connectivity index (χ1) is 9.83. The SMILES string of the molecule is COc1ccc(C)cc1CC(=O)NC(CC(C)C)C(=O)O. The fraction of sp³-hybridized carbons (Fsp3) is 0.500. The molecule has 0 aliphatic rings. The highest BCUT2D eigenvalue weighted by atomic mass is 16.5. The zero-order chi connectivity index (χ0) is 16.0. The van der Waals surface area contributed by atoms with Gasteiger partial charge in [0.05, 0.1) is 13.5 Å². The Morgan fingerprint density at radius 2 is 2.00 bits per heavy atom. The van der Waals surface area contributed by atoms with Crippen molar-refractivity contribution in [2.24, 2.45) is 5.92 Å². The van der Waals surface area contributed by atoms with Gasteiger partial charge in [0.2, 0.25) is 5.91 Å². The van der Waals surface area contributed by atoms with Crippen molar-refractivity contribution in [3.8, 4) is 5.75 Å². The van der Waals surface area contributed by atoms with E-state index in [2.05, 4.69) is 5.32 Å². The number of carboxylic acid groups (broad SMARTS) is 1. The number of methoxy groups -OCH3 is 1. The van der Waals surface area contributed by atoms with Crippen molar-refractivity contribution in [1.82, 2.24) is 5.32 Å². The average molecular weight is 293 g/mol. The number of carbonyl (C=O) groups excluding carboxylic acids is 1. The number of hydrogen-bond donors (Lipinski definition) is 2. The molecule has 0 heterocycles. The van der Waals surface area contributed by atoms with Crippen molar-refractivity contribution in [1.29, 1.82) is 0 Å². The van der Waals surface area contributed by atoms with E-state index in [4.69, 9.17) is 9.84 Å². The molecule has 2 N–H and O–H groups in total. The van der Waals surface area contributed by atoms with Gasteiger partial charge in [-0.15, -0.1) is 0 Å². The van der Waals surface area contributed by atoms with Crippen molar-refractivity contribution in [2.45, 2.75) is 39.7 Å². The van der Waals surface area contributed by atoms with Gasteiger partial charge in [0.1, 0.15) is 11.8 Å². The van der Waals surface area contributed by atoms with Crippen LogP contribution in [-0.2, 0) is 16.0 Å². The van der Waals surface area contributed by atoms with Gasteiger partial charge in [-0.3, -0.25) is 4.79 Å². The lowest BCUT2D eigenvalue weighted by Crippen LogP contribution is -2.42. The summed E-state index contributed by atoms with van der Waals surface area (Å²) in [6, 6.07) is 4.73. The van der Waals surface area contributed by atoms with Gasteiger partial charge in [-0.2, -0.15) is 0 Å². The molecular formula is C16H23NO4. The first-order valence-corrected chi connectivity index (χ1v) is 6.99. The molecule has 0 radical (unpaired) electrons. The van der Waals surface area contributed by atoms with E-state index in [0.717, 1.165) is 11.1 Å². The minimum Gasteiger partial charge on any atom is -0.496 e. The van der Waals surface area contributed by atoms with Crippen molar-refractivity contribution < 1.29 is 19.4 Å². The first-order valence-electron chi connectivity index (χ1n) is 6.99. The molecule has 21 heavy (non-hydrogen) atoms. The van der Waals surface area contributed by atoms with Crippen LogP contribution in [0.5, 0.6) is 5.75 Å². The van der Waals surface area contributed by atoms with Crippen molar-refractivity contribution >= 4 is 11.9 Å². The Morgan fingerprint density at radius 3 is 2.52 bits per heavy atom. The van der Waals surface area contributed by atoms with E-state index in [1.165, 1.54) is 0 Å². The van der Waals surface area contributed by atoms with Gasteiger partial charge in [-0.05, 0) is 25.3 Å². The maximum absolute atomic E-state index is 12.1. The number of carbonyl (C=O) groups is 2. The Labute approximate surface area is 125 Å². The van der Waals surface area contributed by atoms with E-state index in [9.17, 15) is 9.59 Å². The summed E-state index contributed by atoms with van der Waals surface area (Å²) in [5, 5.41) is 11.7. The Kier molecular flexibility index (Phi) is 6.21. The van der Waals surface area contributed by atoms with Crippen LogP contribution < -0.4 is 10.1 Å². The van der Waals surface area contributed by atoms with Crippen LogP contribution in [0.1, 0.15) is 31.4 Å². The summed E-state index contributed by atoms with van der Waals surface area (Å²) < 4.78 is 5.22. The quantitative estimate of drug-likeness (QED) is 0.808. The fourth-order valence-corrected chi connectivity index (χ4v) is 2.16. The molecule has 116 valence electrons. The highest BCUT2D eigenvalue weighted by Crippen LogP contribution is 2.20. The number of nitrogens with one attached hydrogen (secondary N) is 1. The zero-order valence-corrected chi connectivity index (χ0v) is 13.0. The van der Waals surface area contributed by atoms with Crippen LogP contribution in [0.4, 0.5) is 0 Å². The molecule has 0 aromatic heterocycles. The predicted molar refractivity (Wildman–Crippen MR) is 80.5 cm³/mol. The van der Waals surface area contributed by atoms with Crippen LogP contribution in [0.3, 0.4) is 0 Å². The number of ether oxygens (including phenoxy) is 1. The standard InChI is InChI=1S/C16H23NO4/c1-10(2)7-13(16(19)20)17-15(18)9-12-8-11(3)5-6-14(12)21-4/h5-6,8,10,13H,7,9H2,1-4H3,(H,17,18)(H,19,20).